The number of nitrogens with zero attached hydrogens (tertiary/aromatic N) is 3. The minimum Gasteiger partial charge on any atom is -0.329 e. The Kier molecular flexibility index (Phi) is 3.68. The van der Waals surface area contributed by atoms with Crippen LogP contribution >= 0.6 is 0 Å². The molecule has 1 aromatic rings. The van der Waals surface area contributed by atoms with Gasteiger partial charge in [0.25, 0.3) is 0 Å². The van der Waals surface area contributed by atoms with Gasteiger partial charge in [-0.1, -0.05) is 6.92 Å². The van der Waals surface area contributed by atoms with Crippen LogP contribution in [0.1, 0.15) is 27.2 Å². The highest BCUT2D eigenvalue weighted by Gasteiger charge is 2.01. The summed E-state index contributed by atoms with van der Waals surface area (Å²) in [5, 5.41) is 7.34. The topological polar surface area (TPSA) is 42.2 Å². The van der Waals surface area contributed by atoms with E-state index in [0.717, 1.165) is 18.1 Å². The summed E-state index contributed by atoms with van der Waals surface area (Å²) in [7, 11) is 1.91. The normalized spacial score (nSPS) is 12.2. The zero-order valence-corrected chi connectivity index (χ0v) is 9.28. The summed E-state index contributed by atoms with van der Waals surface area (Å²) in [4.78, 5) is 4.48. The van der Waals surface area contributed by atoms with E-state index in [1.165, 1.54) is 0 Å². The van der Waals surface area contributed by atoms with E-state index in [-0.39, 0.29) is 0 Å². The van der Waals surface area contributed by atoms with Gasteiger partial charge in [0.2, 0.25) is 0 Å². The van der Waals surface area contributed by atoms with Crippen LogP contribution in [0, 0.1) is 0 Å². The van der Waals surface area contributed by atoms with E-state index in [1.807, 2.05) is 13.1 Å². The maximum absolute atomic E-state index is 4.48. The number of aliphatic imine (C=N–C) groups is 1. The average molecular weight is 194 g/mol. The summed E-state index contributed by atoms with van der Waals surface area (Å²) in [5.74, 6) is 1.98. The van der Waals surface area contributed by atoms with Crippen molar-refractivity contribution in [2.75, 3.05) is 5.32 Å². The Morgan fingerprint density at radius 1 is 1.64 bits per heavy atom. The number of aromatic nitrogens is 2. The van der Waals surface area contributed by atoms with Crippen molar-refractivity contribution < 1.29 is 0 Å². The van der Waals surface area contributed by atoms with Crippen molar-refractivity contribution in [1.29, 1.82) is 0 Å². The lowest BCUT2D eigenvalue weighted by Crippen LogP contribution is -2.15. The average Bonchev–Trinajstić information content (AvgIpc) is 2.50. The van der Waals surface area contributed by atoms with E-state index in [1.54, 1.807) is 10.9 Å². The third kappa shape index (κ3) is 2.87. The van der Waals surface area contributed by atoms with E-state index < -0.39 is 0 Å². The molecule has 1 N–H and O–H groups in total. The largest absolute Gasteiger partial charge is 0.329 e. The fourth-order valence-corrected chi connectivity index (χ4v) is 1.17. The zero-order valence-electron chi connectivity index (χ0n) is 9.28. The van der Waals surface area contributed by atoms with Crippen LogP contribution in [0.25, 0.3) is 0 Å². The third-order valence-electron chi connectivity index (χ3n) is 1.84. The Balaban J connectivity index is 2.71. The van der Waals surface area contributed by atoms with Crippen LogP contribution in [0.5, 0.6) is 0 Å². The smallest absolute Gasteiger partial charge is 0.129 e. The predicted octanol–water partition coefficient (Wildman–Crippen LogP) is 2.05. The Hall–Kier alpha value is -1.32. The minimum atomic E-state index is 0.325. The van der Waals surface area contributed by atoms with Gasteiger partial charge in [-0.3, -0.25) is 9.67 Å². The lowest BCUT2D eigenvalue weighted by atomic mass is 10.3. The molecule has 0 aromatic carbocycles. The first-order valence-corrected chi connectivity index (χ1v) is 4.95. The summed E-state index contributed by atoms with van der Waals surface area (Å²) >= 11 is 0. The van der Waals surface area contributed by atoms with Crippen LogP contribution in [0.15, 0.2) is 17.3 Å². The van der Waals surface area contributed by atoms with E-state index in [2.05, 4.69) is 36.2 Å². The van der Waals surface area contributed by atoms with Crippen LogP contribution in [-0.4, -0.2) is 21.7 Å². The Morgan fingerprint density at radius 3 is 2.79 bits per heavy atom. The van der Waals surface area contributed by atoms with E-state index in [4.69, 9.17) is 0 Å². The minimum absolute atomic E-state index is 0.325. The molecule has 4 nitrogen and oxygen atoms in total. The molecule has 0 aliphatic carbocycles. The number of anilines is 1. The molecular weight excluding hydrogens is 176 g/mol. The van der Waals surface area contributed by atoms with Gasteiger partial charge in [0.15, 0.2) is 0 Å². The lowest BCUT2D eigenvalue weighted by Gasteiger charge is -2.09. The van der Waals surface area contributed by atoms with Crippen molar-refractivity contribution in [3.63, 3.8) is 0 Å². The second-order valence-corrected chi connectivity index (χ2v) is 3.49. The molecule has 0 spiro atoms. The second kappa shape index (κ2) is 4.79. The fourth-order valence-electron chi connectivity index (χ4n) is 1.17. The highest BCUT2D eigenvalue weighted by molar-refractivity contribution is 5.94. The van der Waals surface area contributed by atoms with Crippen molar-refractivity contribution in [1.82, 2.24) is 9.78 Å². The molecule has 1 rings (SSSR count). The quantitative estimate of drug-likeness (QED) is 0.591. The zero-order chi connectivity index (χ0) is 10.6. The van der Waals surface area contributed by atoms with Gasteiger partial charge in [0.1, 0.15) is 11.7 Å². The van der Waals surface area contributed by atoms with Gasteiger partial charge in [0.05, 0.1) is 6.20 Å². The highest BCUT2D eigenvalue weighted by atomic mass is 15.3. The summed E-state index contributed by atoms with van der Waals surface area (Å²) in [6, 6.07) is 2.26. The molecule has 0 atom stereocenters. The van der Waals surface area contributed by atoms with E-state index in [0.29, 0.717) is 6.04 Å². The molecule has 0 fully saturated rings. The first kappa shape index (κ1) is 10.8. The number of nitrogens with one attached hydrogen (secondary N) is 1. The molecule has 0 amide bonds. The molecule has 78 valence electrons. The van der Waals surface area contributed by atoms with Crippen LogP contribution < -0.4 is 5.32 Å². The molecule has 0 aliphatic heterocycles. The van der Waals surface area contributed by atoms with Gasteiger partial charge >= 0.3 is 0 Å². The second-order valence-electron chi connectivity index (χ2n) is 3.49. The van der Waals surface area contributed by atoms with Gasteiger partial charge in [-0.05, 0) is 13.8 Å². The summed E-state index contributed by atoms with van der Waals surface area (Å²) in [6.07, 6.45) is 2.67. The monoisotopic (exact) mass is 194 g/mol. The summed E-state index contributed by atoms with van der Waals surface area (Å²) < 4.78 is 1.80. The Labute approximate surface area is 85.0 Å². The van der Waals surface area contributed by atoms with Crippen LogP contribution in [-0.2, 0) is 7.05 Å². The van der Waals surface area contributed by atoms with Crippen molar-refractivity contribution in [3.05, 3.63) is 12.3 Å². The molecule has 14 heavy (non-hydrogen) atoms. The van der Waals surface area contributed by atoms with Crippen molar-refractivity contribution in [3.8, 4) is 0 Å². The van der Waals surface area contributed by atoms with Gasteiger partial charge < -0.3 is 5.32 Å². The molecule has 0 saturated carbocycles. The summed E-state index contributed by atoms with van der Waals surface area (Å²) in [6.45, 7) is 6.23. The number of rotatable bonds is 3. The number of hydrogen-bond donors (Lipinski definition) is 1. The predicted molar refractivity (Wildman–Crippen MR) is 59.7 cm³/mol. The molecule has 0 radical (unpaired) electrons. The molecular formula is C10H18N4. The highest BCUT2D eigenvalue weighted by Crippen LogP contribution is 2.05. The van der Waals surface area contributed by atoms with Gasteiger partial charge in [-0.25, -0.2) is 0 Å². The van der Waals surface area contributed by atoms with Crippen molar-refractivity contribution in [2.45, 2.75) is 33.2 Å². The maximum atomic E-state index is 4.48. The van der Waals surface area contributed by atoms with E-state index in [9.17, 15) is 0 Å². The standard InChI is InChI=1S/C10H18N4/c1-5-9(12-8(2)3)13-10-6-7-11-14(10)4/h6-8H,5H2,1-4H3,(H,12,13). The molecule has 1 heterocycles. The van der Waals surface area contributed by atoms with Crippen molar-refractivity contribution >= 4 is 11.7 Å². The fraction of sp³-hybridized carbons (Fsp3) is 0.600. The first-order chi connectivity index (χ1) is 6.63. The molecule has 1 aromatic heterocycles. The third-order valence-corrected chi connectivity index (χ3v) is 1.84. The Morgan fingerprint density at radius 2 is 2.36 bits per heavy atom. The van der Waals surface area contributed by atoms with Gasteiger partial charge in [-0.2, -0.15) is 5.10 Å². The lowest BCUT2D eigenvalue weighted by molar-refractivity contribution is 0.775. The number of hydrogen-bond acceptors (Lipinski definition) is 2. The van der Waals surface area contributed by atoms with Gasteiger partial charge in [0, 0.05) is 25.6 Å². The van der Waals surface area contributed by atoms with Gasteiger partial charge in [-0.15, -0.1) is 0 Å². The van der Waals surface area contributed by atoms with Crippen LogP contribution in [0.4, 0.5) is 5.82 Å². The van der Waals surface area contributed by atoms with Crippen molar-refractivity contribution in [2.24, 2.45) is 12.0 Å². The molecule has 0 unspecified atom stereocenters. The molecule has 0 bridgehead atoms. The molecule has 4 heteroatoms. The molecule has 0 saturated heterocycles. The number of amidine groups is 1. The SMILES string of the molecule is CCC(=NC(C)C)Nc1ccnn1C. The Bertz CT molecular complexity index is 312. The van der Waals surface area contributed by atoms with Crippen LogP contribution in [0.3, 0.4) is 0 Å². The van der Waals surface area contributed by atoms with E-state index >= 15 is 0 Å². The number of aryl methyl sites for hydroxylation is 1. The maximum Gasteiger partial charge on any atom is 0.129 e. The summed E-state index contributed by atoms with van der Waals surface area (Å²) in [5.41, 5.74) is 0. The first-order valence-electron chi connectivity index (χ1n) is 4.95. The molecule has 0 aliphatic rings. The van der Waals surface area contributed by atoms with Crippen LogP contribution in [0.2, 0.25) is 0 Å².